The normalized spacial score (nSPS) is 16.7. The standard InChI is InChI=1S/C7H10N2S4/c10-13-12-7-5-4-11-3-1-2-6(5)8-9-7/h10H,1-4H2,(H,8,9). The fraction of sp³-hybridized carbons (Fsp3) is 0.571. The summed E-state index contributed by atoms with van der Waals surface area (Å²) in [7, 11) is 3.09. The molecule has 0 saturated carbocycles. The number of aryl methyl sites for hydroxylation is 1. The lowest BCUT2D eigenvalue weighted by atomic mass is 10.2. The van der Waals surface area contributed by atoms with E-state index in [4.69, 9.17) is 0 Å². The van der Waals surface area contributed by atoms with E-state index in [1.165, 1.54) is 33.3 Å². The van der Waals surface area contributed by atoms with Crippen LogP contribution in [0.4, 0.5) is 0 Å². The first-order valence-electron chi connectivity index (χ1n) is 4.04. The summed E-state index contributed by atoms with van der Waals surface area (Å²) in [4.78, 5) is 0. The first-order chi connectivity index (χ1) is 6.42. The van der Waals surface area contributed by atoms with Gasteiger partial charge in [-0.2, -0.15) is 16.9 Å². The van der Waals surface area contributed by atoms with Crippen molar-refractivity contribution in [1.29, 1.82) is 0 Å². The van der Waals surface area contributed by atoms with E-state index in [1.807, 2.05) is 11.8 Å². The zero-order valence-corrected chi connectivity index (χ0v) is 10.3. The molecule has 1 N–H and O–H groups in total. The Morgan fingerprint density at radius 3 is 3.31 bits per heavy atom. The van der Waals surface area contributed by atoms with Gasteiger partial charge in [-0.3, -0.25) is 5.10 Å². The number of H-pyrrole nitrogens is 1. The molecule has 0 amide bonds. The van der Waals surface area contributed by atoms with Gasteiger partial charge in [0, 0.05) is 17.0 Å². The topological polar surface area (TPSA) is 28.7 Å². The van der Waals surface area contributed by atoms with Gasteiger partial charge in [-0.15, -0.1) is 0 Å². The van der Waals surface area contributed by atoms with Gasteiger partial charge in [0.1, 0.15) is 5.03 Å². The van der Waals surface area contributed by atoms with E-state index in [9.17, 15) is 0 Å². The van der Waals surface area contributed by atoms with Gasteiger partial charge in [0.15, 0.2) is 0 Å². The Kier molecular flexibility index (Phi) is 3.83. The Bertz CT molecular complexity index is 286. The molecule has 0 spiro atoms. The summed E-state index contributed by atoms with van der Waals surface area (Å²) in [6.07, 6.45) is 2.41. The summed E-state index contributed by atoms with van der Waals surface area (Å²) >= 11 is 6.12. The van der Waals surface area contributed by atoms with Gasteiger partial charge in [0.25, 0.3) is 0 Å². The molecule has 0 aliphatic carbocycles. The molecule has 1 aromatic rings. The fourth-order valence-electron chi connectivity index (χ4n) is 1.37. The first-order valence-corrected chi connectivity index (χ1v) is 8.39. The average molecular weight is 250 g/mol. The highest BCUT2D eigenvalue weighted by Crippen LogP contribution is 2.37. The van der Waals surface area contributed by atoms with Crippen molar-refractivity contribution in [3.05, 3.63) is 11.3 Å². The van der Waals surface area contributed by atoms with Crippen LogP contribution in [-0.4, -0.2) is 16.0 Å². The Morgan fingerprint density at radius 1 is 1.54 bits per heavy atom. The van der Waals surface area contributed by atoms with E-state index < -0.39 is 0 Å². The van der Waals surface area contributed by atoms with E-state index in [-0.39, 0.29) is 0 Å². The monoisotopic (exact) mass is 250 g/mol. The molecule has 0 fully saturated rings. The molecule has 0 radical (unpaired) electrons. The fourth-order valence-corrected chi connectivity index (χ4v) is 4.18. The number of aromatic amines is 1. The molecule has 0 saturated heterocycles. The summed E-state index contributed by atoms with van der Waals surface area (Å²) < 4.78 is 0. The number of hydrogen-bond acceptors (Lipinski definition) is 5. The quantitative estimate of drug-likeness (QED) is 0.623. The van der Waals surface area contributed by atoms with E-state index >= 15 is 0 Å². The average Bonchev–Trinajstić information content (AvgIpc) is 2.38. The molecule has 0 atom stereocenters. The Hall–Kier alpha value is 0.610. The van der Waals surface area contributed by atoms with Crippen LogP contribution in [0.5, 0.6) is 0 Å². The van der Waals surface area contributed by atoms with Crippen LogP contribution in [-0.2, 0) is 12.2 Å². The van der Waals surface area contributed by atoms with Crippen molar-refractivity contribution < 1.29 is 0 Å². The van der Waals surface area contributed by atoms with Gasteiger partial charge >= 0.3 is 0 Å². The molecule has 6 heteroatoms. The Morgan fingerprint density at radius 2 is 2.46 bits per heavy atom. The van der Waals surface area contributed by atoms with Crippen molar-refractivity contribution >= 4 is 44.0 Å². The lowest BCUT2D eigenvalue weighted by Gasteiger charge is -1.97. The van der Waals surface area contributed by atoms with Crippen molar-refractivity contribution in [3.63, 3.8) is 0 Å². The minimum atomic E-state index is 1.10. The van der Waals surface area contributed by atoms with Crippen LogP contribution in [0.1, 0.15) is 17.7 Å². The summed E-state index contributed by atoms with van der Waals surface area (Å²) in [5.74, 6) is 2.36. The number of nitrogens with one attached hydrogen (secondary N) is 1. The van der Waals surface area contributed by atoms with Crippen molar-refractivity contribution in [2.45, 2.75) is 23.6 Å². The largest absolute Gasteiger partial charge is 0.281 e. The third kappa shape index (κ3) is 2.34. The van der Waals surface area contributed by atoms with Crippen LogP contribution in [0.3, 0.4) is 0 Å². The molecule has 0 bridgehead atoms. The molecular weight excluding hydrogens is 240 g/mol. The molecule has 1 aliphatic rings. The third-order valence-corrected chi connectivity index (χ3v) is 5.00. The highest BCUT2D eigenvalue weighted by atomic mass is 33.5. The maximum Gasteiger partial charge on any atom is 0.134 e. The SMILES string of the molecule is SSSc1n[nH]c2c1CSCCC2. The smallest absolute Gasteiger partial charge is 0.134 e. The number of fused-ring (bicyclic) bond motifs is 1. The van der Waals surface area contributed by atoms with Crippen LogP contribution < -0.4 is 0 Å². The summed E-state index contributed by atoms with van der Waals surface area (Å²) in [5.41, 5.74) is 2.73. The summed E-state index contributed by atoms with van der Waals surface area (Å²) in [6, 6.07) is 0. The van der Waals surface area contributed by atoms with Crippen molar-refractivity contribution in [2.75, 3.05) is 5.75 Å². The number of thioether (sulfide) groups is 1. The number of rotatable bonds is 2. The maximum atomic E-state index is 4.28. The van der Waals surface area contributed by atoms with E-state index in [0.29, 0.717) is 0 Å². The lowest BCUT2D eigenvalue weighted by Crippen LogP contribution is -1.87. The zero-order valence-electron chi connectivity index (χ0n) is 6.95. The van der Waals surface area contributed by atoms with Gasteiger partial charge in [0.2, 0.25) is 0 Å². The van der Waals surface area contributed by atoms with Crippen LogP contribution >= 0.6 is 44.0 Å². The molecule has 1 aliphatic heterocycles. The van der Waals surface area contributed by atoms with Crippen LogP contribution in [0, 0.1) is 0 Å². The Balaban J connectivity index is 2.23. The zero-order chi connectivity index (χ0) is 9.10. The van der Waals surface area contributed by atoms with Crippen LogP contribution in [0.25, 0.3) is 0 Å². The molecule has 0 unspecified atom stereocenters. The molecule has 0 aromatic carbocycles. The van der Waals surface area contributed by atoms with Gasteiger partial charge < -0.3 is 0 Å². The van der Waals surface area contributed by atoms with Crippen molar-refractivity contribution in [1.82, 2.24) is 10.2 Å². The number of aromatic nitrogens is 2. The lowest BCUT2D eigenvalue weighted by molar-refractivity contribution is 0.870. The van der Waals surface area contributed by atoms with Gasteiger partial charge in [0.05, 0.1) is 0 Å². The molecule has 1 aromatic heterocycles. The van der Waals surface area contributed by atoms with Crippen LogP contribution in [0.2, 0.25) is 0 Å². The molecule has 2 heterocycles. The number of hydrogen-bond donors (Lipinski definition) is 2. The third-order valence-electron chi connectivity index (χ3n) is 1.99. The highest BCUT2D eigenvalue weighted by molar-refractivity contribution is 9.05. The second kappa shape index (κ2) is 4.91. The van der Waals surface area contributed by atoms with Gasteiger partial charge in [-0.25, -0.2) is 0 Å². The minimum Gasteiger partial charge on any atom is -0.281 e. The molecule has 13 heavy (non-hydrogen) atoms. The predicted molar refractivity (Wildman–Crippen MR) is 65.5 cm³/mol. The number of nitrogens with zero attached hydrogens (tertiary/aromatic N) is 1. The predicted octanol–water partition coefficient (Wildman–Crippen LogP) is 3.17. The van der Waals surface area contributed by atoms with Gasteiger partial charge in [-0.05, 0) is 39.2 Å². The summed E-state index contributed by atoms with van der Waals surface area (Å²) in [6.45, 7) is 0. The van der Waals surface area contributed by atoms with Gasteiger partial charge in [-0.1, -0.05) is 11.7 Å². The second-order valence-electron chi connectivity index (χ2n) is 2.80. The molecule has 2 nitrogen and oxygen atoms in total. The van der Waals surface area contributed by atoms with Crippen molar-refractivity contribution in [3.8, 4) is 0 Å². The van der Waals surface area contributed by atoms with Crippen LogP contribution in [0.15, 0.2) is 5.03 Å². The summed E-state index contributed by atoms with van der Waals surface area (Å²) in [5, 5.41) is 8.52. The molecular formula is C7H10N2S4. The molecule has 2 rings (SSSR count). The minimum absolute atomic E-state index is 1.10. The second-order valence-corrected chi connectivity index (χ2v) is 6.90. The highest BCUT2D eigenvalue weighted by Gasteiger charge is 2.15. The number of thiol groups is 1. The maximum absolute atomic E-state index is 4.28. The van der Waals surface area contributed by atoms with E-state index in [1.54, 1.807) is 10.8 Å². The van der Waals surface area contributed by atoms with Crippen molar-refractivity contribution in [2.24, 2.45) is 0 Å². The van der Waals surface area contributed by atoms with E-state index in [2.05, 4.69) is 21.9 Å². The molecule has 72 valence electrons. The first kappa shape index (κ1) is 10.1. The Labute approximate surface area is 94.6 Å². The van der Waals surface area contributed by atoms with E-state index in [0.717, 1.165) is 17.2 Å².